The topological polar surface area (TPSA) is 29.1 Å². The zero-order valence-corrected chi connectivity index (χ0v) is 10.9. The average molecular weight is 320 g/mol. The van der Waals surface area contributed by atoms with Crippen LogP contribution in [0.1, 0.15) is 22.8 Å². The fourth-order valence-corrected chi connectivity index (χ4v) is 1.62. The van der Waals surface area contributed by atoms with Crippen LogP contribution in [-0.2, 0) is 6.18 Å². The van der Waals surface area contributed by atoms with Crippen LogP contribution in [0.4, 0.5) is 13.2 Å². The van der Waals surface area contributed by atoms with Crippen LogP contribution >= 0.6 is 15.9 Å². The highest BCUT2D eigenvalue weighted by Crippen LogP contribution is 2.31. The second-order valence-corrected chi connectivity index (χ2v) is 4.41. The molecule has 18 heavy (non-hydrogen) atoms. The summed E-state index contributed by atoms with van der Waals surface area (Å²) in [5.41, 5.74) is -0.990. The van der Waals surface area contributed by atoms with Gasteiger partial charge in [-0.3, -0.25) is 4.79 Å². The van der Waals surface area contributed by atoms with Gasteiger partial charge in [0.15, 0.2) is 0 Å². The molecular weight excluding hydrogens is 311 g/mol. The van der Waals surface area contributed by atoms with Gasteiger partial charge in [-0.25, -0.2) is 0 Å². The van der Waals surface area contributed by atoms with E-state index in [2.05, 4.69) is 27.2 Å². The minimum atomic E-state index is -4.49. The Balaban J connectivity index is 3.09. The van der Waals surface area contributed by atoms with Gasteiger partial charge in [-0.2, -0.15) is 13.2 Å². The summed E-state index contributed by atoms with van der Waals surface area (Å²) in [5, 5.41) is 2.39. The highest BCUT2D eigenvalue weighted by molar-refractivity contribution is 9.10. The fourth-order valence-electron chi connectivity index (χ4n) is 1.19. The van der Waals surface area contributed by atoms with Crippen LogP contribution in [0.2, 0.25) is 0 Å². The molecule has 1 aromatic carbocycles. The van der Waals surface area contributed by atoms with Crippen LogP contribution in [0.15, 0.2) is 22.7 Å². The lowest BCUT2D eigenvalue weighted by Crippen LogP contribution is -2.31. The fraction of sp³-hybridized carbons (Fsp3) is 0.250. The molecule has 0 aliphatic rings. The van der Waals surface area contributed by atoms with E-state index in [0.717, 1.165) is 12.1 Å². The maximum absolute atomic E-state index is 12.5. The van der Waals surface area contributed by atoms with Gasteiger partial charge in [0.25, 0.3) is 5.91 Å². The second kappa shape index (κ2) is 5.44. The Bertz CT molecular complexity index is 505. The first-order chi connectivity index (χ1) is 8.25. The highest BCUT2D eigenvalue weighted by Gasteiger charge is 2.31. The molecule has 0 bridgehead atoms. The van der Waals surface area contributed by atoms with Gasteiger partial charge in [0.05, 0.1) is 17.2 Å². The van der Waals surface area contributed by atoms with E-state index < -0.39 is 23.7 Å². The van der Waals surface area contributed by atoms with Gasteiger partial charge in [0, 0.05) is 4.47 Å². The molecule has 0 heterocycles. The number of carbonyl (C=O) groups is 1. The molecule has 6 heteroatoms. The van der Waals surface area contributed by atoms with Crippen molar-refractivity contribution in [2.24, 2.45) is 0 Å². The summed E-state index contributed by atoms with van der Waals surface area (Å²) >= 11 is 3.03. The summed E-state index contributed by atoms with van der Waals surface area (Å²) in [6.45, 7) is 1.55. The summed E-state index contributed by atoms with van der Waals surface area (Å²) in [7, 11) is 0. The van der Waals surface area contributed by atoms with E-state index >= 15 is 0 Å². The standard InChI is InChI=1S/C12H9BrF3NO/c1-3-7(2)17-11(18)9-6-8(12(14,15)16)4-5-10(9)13/h1,4-7H,2H3,(H,17,18). The summed E-state index contributed by atoms with van der Waals surface area (Å²) in [4.78, 5) is 11.7. The first-order valence-corrected chi connectivity index (χ1v) is 5.68. The normalized spacial score (nSPS) is 12.7. The molecule has 1 amide bonds. The van der Waals surface area contributed by atoms with Crippen LogP contribution in [0, 0.1) is 12.3 Å². The zero-order valence-electron chi connectivity index (χ0n) is 9.31. The molecule has 0 radical (unpaired) electrons. The van der Waals surface area contributed by atoms with Crippen molar-refractivity contribution in [1.29, 1.82) is 0 Å². The molecule has 0 aromatic heterocycles. The Morgan fingerprint density at radius 3 is 2.61 bits per heavy atom. The molecule has 1 N–H and O–H groups in total. The van der Waals surface area contributed by atoms with Crippen molar-refractivity contribution in [3.05, 3.63) is 33.8 Å². The molecule has 0 aliphatic heterocycles. The molecule has 1 atom stereocenters. The van der Waals surface area contributed by atoms with Crippen molar-refractivity contribution in [3.8, 4) is 12.3 Å². The van der Waals surface area contributed by atoms with Crippen molar-refractivity contribution in [1.82, 2.24) is 5.32 Å². The lowest BCUT2D eigenvalue weighted by atomic mass is 10.1. The number of amides is 1. The largest absolute Gasteiger partial charge is 0.416 e. The quantitative estimate of drug-likeness (QED) is 0.833. The Morgan fingerprint density at radius 2 is 2.11 bits per heavy atom. The molecule has 0 spiro atoms. The van der Waals surface area contributed by atoms with Crippen LogP contribution < -0.4 is 5.32 Å². The first kappa shape index (κ1) is 14.6. The van der Waals surface area contributed by atoms with Crippen LogP contribution in [0.3, 0.4) is 0 Å². The number of halogens is 4. The van der Waals surface area contributed by atoms with Gasteiger partial charge in [0.2, 0.25) is 0 Å². The van der Waals surface area contributed by atoms with Gasteiger partial charge in [0.1, 0.15) is 0 Å². The van der Waals surface area contributed by atoms with E-state index in [1.807, 2.05) is 0 Å². The van der Waals surface area contributed by atoms with Crippen molar-refractivity contribution in [2.45, 2.75) is 19.1 Å². The number of rotatable bonds is 2. The number of nitrogens with one attached hydrogen (secondary N) is 1. The van der Waals surface area contributed by atoms with Gasteiger partial charge in [-0.1, -0.05) is 5.92 Å². The third kappa shape index (κ3) is 3.50. The van der Waals surface area contributed by atoms with Crippen LogP contribution in [0.25, 0.3) is 0 Å². The van der Waals surface area contributed by atoms with E-state index in [9.17, 15) is 18.0 Å². The number of alkyl halides is 3. The number of terminal acetylenes is 1. The predicted octanol–water partition coefficient (Wildman–Crippen LogP) is 3.22. The van der Waals surface area contributed by atoms with Crippen molar-refractivity contribution in [3.63, 3.8) is 0 Å². The van der Waals surface area contributed by atoms with Crippen molar-refractivity contribution >= 4 is 21.8 Å². The number of carbonyl (C=O) groups excluding carboxylic acids is 1. The van der Waals surface area contributed by atoms with Crippen LogP contribution in [0.5, 0.6) is 0 Å². The van der Waals surface area contributed by atoms with Gasteiger partial charge in [-0.15, -0.1) is 6.42 Å². The van der Waals surface area contributed by atoms with Crippen molar-refractivity contribution < 1.29 is 18.0 Å². The maximum atomic E-state index is 12.5. The number of hydrogen-bond acceptors (Lipinski definition) is 1. The molecule has 2 nitrogen and oxygen atoms in total. The summed E-state index contributed by atoms with van der Waals surface area (Å²) < 4.78 is 37.8. The summed E-state index contributed by atoms with van der Waals surface area (Å²) in [5.74, 6) is 1.61. The van der Waals surface area contributed by atoms with E-state index in [1.165, 1.54) is 6.07 Å². The third-order valence-corrected chi connectivity index (χ3v) is 2.83. The van der Waals surface area contributed by atoms with Crippen molar-refractivity contribution in [2.75, 3.05) is 0 Å². The summed E-state index contributed by atoms with van der Waals surface area (Å²) in [6, 6.07) is 2.30. The van der Waals surface area contributed by atoms with E-state index in [1.54, 1.807) is 6.92 Å². The van der Waals surface area contributed by atoms with E-state index in [0.29, 0.717) is 0 Å². The average Bonchev–Trinajstić information content (AvgIpc) is 2.27. The molecule has 1 unspecified atom stereocenters. The molecule has 0 fully saturated rings. The third-order valence-electron chi connectivity index (χ3n) is 2.14. The second-order valence-electron chi connectivity index (χ2n) is 3.55. The smallest absolute Gasteiger partial charge is 0.339 e. The highest BCUT2D eigenvalue weighted by atomic mass is 79.9. The van der Waals surface area contributed by atoms with Gasteiger partial charge < -0.3 is 5.32 Å². The Hall–Kier alpha value is -1.48. The number of hydrogen-bond donors (Lipinski definition) is 1. The van der Waals surface area contributed by atoms with Gasteiger partial charge in [-0.05, 0) is 41.1 Å². The lowest BCUT2D eigenvalue weighted by Gasteiger charge is -2.12. The molecular formula is C12H9BrF3NO. The molecule has 0 saturated carbocycles. The van der Waals surface area contributed by atoms with Crippen LogP contribution in [-0.4, -0.2) is 11.9 Å². The monoisotopic (exact) mass is 319 g/mol. The Morgan fingerprint density at radius 1 is 1.50 bits per heavy atom. The molecule has 0 aliphatic carbocycles. The Kier molecular flexibility index (Phi) is 4.41. The minimum absolute atomic E-state index is 0.105. The number of benzene rings is 1. The van der Waals surface area contributed by atoms with E-state index in [4.69, 9.17) is 6.42 Å². The molecule has 1 rings (SSSR count). The molecule has 96 valence electrons. The summed E-state index contributed by atoms with van der Waals surface area (Å²) in [6.07, 6.45) is 0.587. The van der Waals surface area contributed by atoms with Gasteiger partial charge >= 0.3 is 6.18 Å². The van der Waals surface area contributed by atoms with E-state index in [-0.39, 0.29) is 10.0 Å². The maximum Gasteiger partial charge on any atom is 0.416 e. The first-order valence-electron chi connectivity index (χ1n) is 4.89. The Labute approximate surface area is 111 Å². The zero-order chi connectivity index (χ0) is 13.9. The molecule has 1 aromatic rings. The lowest BCUT2D eigenvalue weighted by molar-refractivity contribution is -0.137. The SMILES string of the molecule is C#CC(C)NC(=O)c1cc(C(F)(F)F)ccc1Br. The predicted molar refractivity (Wildman–Crippen MR) is 64.9 cm³/mol. The molecule has 0 saturated heterocycles. The minimum Gasteiger partial charge on any atom is -0.339 e.